The summed E-state index contributed by atoms with van der Waals surface area (Å²) in [5, 5.41) is 2.72. The molecule has 0 heterocycles. The monoisotopic (exact) mass is 332 g/mol. The normalized spacial score (nSPS) is 11.1. The molecule has 3 nitrogen and oxygen atoms in total. The van der Waals surface area contributed by atoms with E-state index in [9.17, 15) is 9.18 Å². The molecule has 0 spiro atoms. The highest BCUT2D eigenvalue weighted by Crippen LogP contribution is 2.17. The number of hydrogen-bond acceptors (Lipinski definition) is 2. The Kier molecular flexibility index (Phi) is 4.81. The van der Waals surface area contributed by atoms with Gasteiger partial charge in [-0.15, -0.1) is 0 Å². The standard InChI is InChI=1S/C12H14BrFN2OS/c1-12(2,11(15)18)6-16-10(17)7-3-4-9(14)8(13)5-7/h3-5H,6H2,1-2H3,(H2,15,18)(H,16,17). The Morgan fingerprint density at radius 1 is 1.56 bits per heavy atom. The molecule has 0 unspecified atom stereocenters. The molecule has 1 aromatic carbocycles. The molecule has 98 valence electrons. The van der Waals surface area contributed by atoms with Crippen molar-refractivity contribution < 1.29 is 9.18 Å². The smallest absolute Gasteiger partial charge is 0.251 e. The lowest BCUT2D eigenvalue weighted by atomic mass is 9.93. The van der Waals surface area contributed by atoms with Gasteiger partial charge in [-0.1, -0.05) is 26.1 Å². The number of carbonyl (C=O) groups is 1. The molecule has 6 heteroatoms. The van der Waals surface area contributed by atoms with Crippen LogP contribution < -0.4 is 11.1 Å². The van der Waals surface area contributed by atoms with Crippen LogP contribution in [0.15, 0.2) is 22.7 Å². The van der Waals surface area contributed by atoms with Gasteiger partial charge in [0.1, 0.15) is 5.82 Å². The van der Waals surface area contributed by atoms with E-state index in [1.54, 1.807) is 0 Å². The number of carbonyl (C=O) groups excluding carboxylic acids is 1. The fourth-order valence-electron chi connectivity index (χ4n) is 1.13. The predicted molar refractivity (Wildman–Crippen MR) is 77.0 cm³/mol. The summed E-state index contributed by atoms with van der Waals surface area (Å²) in [7, 11) is 0. The quantitative estimate of drug-likeness (QED) is 0.833. The summed E-state index contributed by atoms with van der Waals surface area (Å²) >= 11 is 7.94. The molecule has 0 aliphatic heterocycles. The van der Waals surface area contributed by atoms with Crippen molar-refractivity contribution in [1.82, 2.24) is 5.32 Å². The van der Waals surface area contributed by atoms with E-state index in [1.807, 2.05) is 13.8 Å². The summed E-state index contributed by atoms with van der Waals surface area (Å²) in [4.78, 5) is 12.2. The molecular formula is C12H14BrFN2OS. The van der Waals surface area contributed by atoms with Gasteiger partial charge in [-0.2, -0.15) is 0 Å². The van der Waals surface area contributed by atoms with Gasteiger partial charge in [0.2, 0.25) is 0 Å². The molecule has 1 rings (SSSR count). The lowest BCUT2D eigenvalue weighted by Gasteiger charge is -2.23. The number of halogens is 2. The van der Waals surface area contributed by atoms with Crippen LogP contribution in [0.3, 0.4) is 0 Å². The highest BCUT2D eigenvalue weighted by molar-refractivity contribution is 9.10. The minimum absolute atomic E-state index is 0.253. The fraction of sp³-hybridized carbons (Fsp3) is 0.333. The van der Waals surface area contributed by atoms with Gasteiger partial charge in [-0.05, 0) is 34.1 Å². The van der Waals surface area contributed by atoms with E-state index in [1.165, 1.54) is 18.2 Å². The lowest BCUT2D eigenvalue weighted by molar-refractivity contribution is 0.0945. The number of nitrogens with one attached hydrogen (secondary N) is 1. The Bertz CT molecular complexity index is 491. The number of nitrogens with two attached hydrogens (primary N) is 1. The molecule has 1 aromatic rings. The lowest BCUT2D eigenvalue weighted by Crippen LogP contribution is -2.41. The Hall–Kier alpha value is -1.01. The Balaban J connectivity index is 2.72. The van der Waals surface area contributed by atoms with Crippen LogP contribution in [-0.4, -0.2) is 17.4 Å². The summed E-state index contributed by atoms with van der Waals surface area (Å²) < 4.78 is 13.3. The summed E-state index contributed by atoms with van der Waals surface area (Å²) in [6.07, 6.45) is 0. The second kappa shape index (κ2) is 5.75. The van der Waals surface area contributed by atoms with E-state index in [2.05, 4.69) is 21.2 Å². The maximum atomic E-state index is 13.0. The predicted octanol–water partition coefficient (Wildman–Crippen LogP) is 2.63. The molecule has 1 amide bonds. The van der Waals surface area contributed by atoms with Crippen molar-refractivity contribution in [3.63, 3.8) is 0 Å². The molecule has 0 aliphatic rings. The second-order valence-electron chi connectivity index (χ2n) is 4.56. The number of amides is 1. The highest BCUT2D eigenvalue weighted by atomic mass is 79.9. The average Bonchev–Trinajstić information content (AvgIpc) is 2.29. The van der Waals surface area contributed by atoms with Gasteiger partial charge >= 0.3 is 0 Å². The van der Waals surface area contributed by atoms with Crippen molar-refractivity contribution in [3.8, 4) is 0 Å². The van der Waals surface area contributed by atoms with Gasteiger partial charge in [-0.3, -0.25) is 4.79 Å². The molecule has 0 aromatic heterocycles. The van der Waals surface area contributed by atoms with Crippen LogP contribution in [-0.2, 0) is 0 Å². The molecule has 0 atom stereocenters. The molecule has 3 N–H and O–H groups in total. The van der Waals surface area contributed by atoms with E-state index in [0.717, 1.165) is 0 Å². The molecule has 0 fully saturated rings. The van der Waals surface area contributed by atoms with Crippen molar-refractivity contribution in [1.29, 1.82) is 0 Å². The van der Waals surface area contributed by atoms with Crippen molar-refractivity contribution >= 4 is 39.0 Å². The third-order valence-corrected chi connectivity index (χ3v) is 3.70. The van der Waals surface area contributed by atoms with Gasteiger partial charge in [0.25, 0.3) is 5.91 Å². The second-order valence-corrected chi connectivity index (χ2v) is 5.85. The molecule has 0 aliphatic carbocycles. The SMILES string of the molecule is CC(C)(CNC(=O)c1ccc(F)c(Br)c1)C(N)=S. The van der Waals surface area contributed by atoms with E-state index in [0.29, 0.717) is 17.1 Å². The molecule has 0 saturated heterocycles. The first-order valence-corrected chi connectivity index (χ1v) is 6.47. The summed E-state index contributed by atoms with van der Waals surface area (Å²) in [5.74, 6) is -0.699. The van der Waals surface area contributed by atoms with Crippen molar-refractivity contribution in [2.75, 3.05) is 6.54 Å². The van der Waals surface area contributed by atoms with Crippen LogP contribution in [0.2, 0.25) is 0 Å². The third kappa shape index (κ3) is 3.74. The van der Waals surface area contributed by atoms with Crippen LogP contribution in [0, 0.1) is 11.2 Å². The number of benzene rings is 1. The molecule has 18 heavy (non-hydrogen) atoms. The largest absolute Gasteiger partial charge is 0.393 e. The average molecular weight is 333 g/mol. The number of thiocarbonyl (C=S) groups is 1. The number of hydrogen-bond donors (Lipinski definition) is 2. The van der Waals surface area contributed by atoms with Crippen molar-refractivity contribution in [3.05, 3.63) is 34.1 Å². The van der Waals surface area contributed by atoms with Crippen LogP contribution in [0.4, 0.5) is 4.39 Å². The minimum atomic E-state index is -0.456. The summed E-state index contributed by atoms with van der Waals surface area (Å²) in [6, 6.07) is 4.08. The van der Waals surface area contributed by atoms with Gasteiger partial charge in [-0.25, -0.2) is 4.39 Å². The topological polar surface area (TPSA) is 55.1 Å². The van der Waals surface area contributed by atoms with Crippen LogP contribution in [0.1, 0.15) is 24.2 Å². The van der Waals surface area contributed by atoms with Crippen LogP contribution >= 0.6 is 28.1 Å². The zero-order valence-electron chi connectivity index (χ0n) is 10.1. The van der Waals surface area contributed by atoms with E-state index in [-0.39, 0.29) is 10.4 Å². The molecule has 0 bridgehead atoms. The minimum Gasteiger partial charge on any atom is -0.393 e. The summed E-state index contributed by atoms with van der Waals surface area (Å²) in [5.41, 5.74) is 5.48. The summed E-state index contributed by atoms with van der Waals surface area (Å²) in [6.45, 7) is 4.02. The third-order valence-electron chi connectivity index (χ3n) is 2.54. The first kappa shape index (κ1) is 15.0. The van der Waals surface area contributed by atoms with Crippen molar-refractivity contribution in [2.24, 2.45) is 11.1 Å². The van der Waals surface area contributed by atoms with Crippen LogP contribution in [0.25, 0.3) is 0 Å². The van der Waals surface area contributed by atoms with Crippen molar-refractivity contribution in [2.45, 2.75) is 13.8 Å². The first-order chi connectivity index (χ1) is 8.24. The first-order valence-electron chi connectivity index (χ1n) is 5.27. The molecule has 0 radical (unpaired) electrons. The van der Waals surface area contributed by atoms with Gasteiger partial charge in [0, 0.05) is 17.5 Å². The van der Waals surface area contributed by atoms with Gasteiger partial charge in [0.15, 0.2) is 0 Å². The zero-order valence-corrected chi connectivity index (χ0v) is 12.5. The molecule has 0 saturated carbocycles. The van der Waals surface area contributed by atoms with E-state index < -0.39 is 11.2 Å². The Morgan fingerprint density at radius 2 is 2.17 bits per heavy atom. The number of rotatable bonds is 4. The van der Waals surface area contributed by atoms with E-state index >= 15 is 0 Å². The van der Waals surface area contributed by atoms with Crippen LogP contribution in [0.5, 0.6) is 0 Å². The fourth-order valence-corrected chi connectivity index (χ4v) is 1.58. The highest BCUT2D eigenvalue weighted by Gasteiger charge is 2.22. The maximum Gasteiger partial charge on any atom is 0.251 e. The van der Waals surface area contributed by atoms with Gasteiger partial charge < -0.3 is 11.1 Å². The Morgan fingerprint density at radius 3 is 2.67 bits per heavy atom. The van der Waals surface area contributed by atoms with Gasteiger partial charge in [0.05, 0.1) is 9.46 Å². The molecular weight excluding hydrogens is 319 g/mol. The maximum absolute atomic E-state index is 13.0. The Labute approximate surface area is 119 Å². The van der Waals surface area contributed by atoms with E-state index in [4.69, 9.17) is 18.0 Å². The zero-order chi connectivity index (χ0) is 13.9.